The quantitative estimate of drug-likeness (QED) is 0.516. The van der Waals surface area contributed by atoms with E-state index in [-0.39, 0.29) is 6.03 Å². The van der Waals surface area contributed by atoms with E-state index in [1.54, 1.807) is 12.4 Å². The van der Waals surface area contributed by atoms with Gasteiger partial charge in [-0.1, -0.05) is 12.1 Å². The highest BCUT2D eigenvalue weighted by Crippen LogP contribution is 2.19. The fraction of sp³-hybridized carbons (Fsp3) is 0.273. The Morgan fingerprint density at radius 3 is 2.71 bits per heavy atom. The number of benzene rings is 1. The van der Waals surface area contributed by atoms with Gasteiger partial charge in [0.25, 0.3) is 0 Å². The lowest BCUT2D eigenvalue weighted by Gasteiger charge is -2.16. The molecular formula is C22H24BN7O. The van der Waals surface area contributed by atoms with Crippen LogP contribution in [0, 0.1) is 0 Å². The predicted octanol–water partition coefficient (Wildman–Crippen LogP) is 2.69. The Bertz CT molecular complexity index is 1030. The number of carbonyl (C=O) groups is 1. The van der Waals surface area contributed by atoms with Gasteiger partial charge in [-0.05, 0) is 48.6 Å². The van der Waals surface area contributed by atoms with Crippen LogP contribution >= 0.6 is 0 Å². The maximum Gasteiger partial charge on any atom is 0.321 e. The van der Waals surface area contributed by atoms with Gasteiger partial charge in [-0.15, -0.1) is 0 Å². The summed E-state index contributed by atoms with van der Waals surface area (Å²) in [5.41, 5.74) is 2.95. The molecule has 1 aromatic carbocycles. The second-order valence-corrected chi connectivity index (χ2v) is 7.33. The van der Waals surface area contributed by atoms with Gasteiger partial charge in [-0.2, -0.15) is 4.98 Å². The van der Waals surface area contributed by atoms with Crippen molar-refractivity contribution in [1.29, 1.82) is 0 Å². The number of anilines is 4. The smallest absolute Gasteiger partial charge is 0.321 e. The van der Waals surface area contributed by atoms with E-state index >= 15 is 0 Å². The second-order valence-electron chi connectivity index (χ2n) is 7.33. The first-order chi connectivity index (χ1) is 15.2. The third-order valence-corrected chi connectivity index (χ3v) is 4.98. The predicted molar refractivity (Wildman–Crippen MR) is 123 cm³/mol. The Morgan fingerprint density at radius 2 is 1.90 bits per heavy atom. The molecule has 8 nitrogen and oxygen atoms in total. The van der Waals surface area contributed by atoms with Gasteiger partial charge >= 0.3 is 6.03 Å². The van der Waals surface area contributed by atoms with Crippen LogP contribution in [0.25, 0.3) is 0 Å². The van der Waals surface area contributed by atoms with Crippen LogP contribution in [0.4, 0.5) is 27.9 Å². The molecule has 2 aromatic heterocycles. The summed E-state index contributed by atoms with van der Waals surface area (Å²) in [7, 11) is 6.02. The molecule has 0 unspecified atom stereocenters. The van der Waals surface area contributed by atoms with Gasteiger partial charge in [-0.25, -0.2) is 9.78 Å². The Hall–Kier alpha value is -3.62. The minimum absolute atomic E-state index is 0.0715. The van der Waals surface area contributed by atoms with Crippen molar-refractivity contribution in [1.82, 2.24) is 19.9 Å². The number of rotatable bonds is 7. The van der Waals surface area contributed by atoms with Crippen molar-refractivity contribution < 1.29 is 4.79 Å². The number of amides is 2. The minimum atomic E-state index is -0.0715. The number of pyridine rings is 1. The fourth-order valence-electron chi connectivity index (χ4n) is 3.37. The van der Waals surface area contributed by atoms with E-state index in [1.807, 2.05) is 47.4 Å². The molecule has 3 heterocycles. The average molecular weight is 413 g/mol. The molecule has 3 aromatic rings. The molecule has 31 heavy (non-hydrogen) atoms. The van der Waals surface area contributed by atoms with Crippen molar-refractivity contribution in [2.45, 2.75) is 19.3 Å². The largest absolute Gasteiger partial charge is 0.370 e. The summed E-state index contributed by atoms with van der Waals surface area (Å²) in [6, 6.07) is 13.2. The lowest BCUT2D eigenvalue weighted by molar-refractivity contribution is 0.222. The highest BCUT2D eigenvalue weighted by Gasteiger charge is 2.17. The van der Waals surface area contributed by atoms with E-state index < -0.39 is 0 Å². The molecule has 3 N–H and O–H groups in total. The Labute approximate surface area is 182 Å². The molecule has 2 radical (unpaired) electrons. The first kappa shape index (κ1) is 20.6. The SMILES string of the molecule is [B]c1cnc(Nc2cccc(NC(=O)N3CCCC3)c2)nc1NCCc1ccccn1. The molecule has 1 aliphatic rings. The molecule has 1 saturated heterocycles. The van der Waals surface area contributed by atoms with Crippen molar-refractivity contribution in [2.75, 3.05) is 35.6 Å². The number of urea groups is 1. The Kier molecular flexibility index (Phi) is 6.61. The highest BCUT2D eigenvalue weighted by atomic mass is 16.2. The zero-order chi connectivity index (χ0) is 21.5. The van der Waals surface area contributed by atoms with Crippen molar-refractivity contribution in [3.63, 3.8) is 0 Å². The Balaban J connectivity index is 1.37. The second kappa shape index (κ2) is 9.93. The molecule has 1 aliphatic heterocycles. The van der Waals surface area contributed by atoms with E-state index in [0.29, 0.717) is 29.5 Å². The van der Waals surface area contributed by atoms with Crippen LogP contribution in [0.1, 0.15) is 18.5 Å². The zero-order valence-electron chi connectivity index (χ0n) is 17.2. The number of carbonyl (C=O) groups excluding carboxylic acids is 1. The molecule has 2 amide bonds. The van der Waals surface area contributed by atoms with E-state index in [1.165, 1.54) is 0 Å². The van der Waals surface area contributed by atoms with Crippen LogP contribution in [-0.2, 0) is 6.42 Å². The van der Waals surface area contributed by atoms with Crippen LogP contribution in [0.2, 0.25) is 0 Å². The molecule has 9 heteroatoms. The van der Waals surface area contributed by atoms with Gasteiger partial charge in [0, 0.05) is 55.5 Å². The minimum Gasteiger partial charge on any atom is -0.370 e. The van der Waals surface area contributed by atoms with Crippen molar-refractivity contribution in [3.8, 4) is 0 Å². The van der Waals surface area contributed by atoms with Crippen LogP contribution in [0.15, 0.2) is 54.9 Å². The average Bonchev–Trinajstić information content (AvgIpc) is 3.32. The zero-order valence-corrected chi connectivity index (χ0v) is 17.2. The first-order valence-electron chi connectivity index (χ1n) is 10.4. The molecular weight excluding hydrogens is 389 g/mol. The number of likely N-dealkylation sites (tertiary alicyclic amines) is 1. The van der Waals surface area contributed by atoms with E-state index in [2.05, 4.69) is 30.9 Å². The summed E-state index contributed by atoms with van der Waals surface area (Å²) >= 11 is 0. The third-order valence-electron chi connectivity index (χ3n) is 4.98. The molecule has 4 rings (SSSR count). The molecule has 0 spiro atoms. The number of aromatic nitrogens is 3. The Morgan fingerprint density at radius 1 is 1.06 bits per heavy atom. The van der Waals surface area contributed by atoms with Gasteiger partial charge in [0.2, 0.25) is 5.95 Å². The van der Waals surface area contributed by atoms with E-state index in [4.69, 9.17) is 7.85 Å². The molecule has 156 valence electrons. The van der Waals surface area contributed by atoms with E-state index in [0.717, 1.165) is 43.7 Å². The van der Waals surface area contributed by atoms with Crippen molar-refractivity contribution in [2.24, 2.45) is 0 Å². The molecule has 1 fully saturated rings. The molecule has 0 saturated carbocycles. The van der Waals surface area contributed by atoms with Crippen molar-refractivity contribution in [3.05, 3.63) is 60.6 Å². The van der Waals surface area contributed by atoms with Crippen LogP contribution in [0.5, 0.6) is 0 Å². The van der Waals surface area contributed by atoms with Crippen LogP contribution in [-0.4, -0.2) is 53.4 Å². The lowest BCUT2D eigenvalue weighted by atomic mass is 9.99. The van der Waals surface area contributed by atoms with Gasteiger partial charge in [0.15, 0.2) is 0 Å². The maximum absolute atomic E-state index is 12.3. The van der Waals surface area contributed by atoms with Crippen LogP contribution < -0.4 is 21.4 Å². The first-order valence-corrected chi connectivity index (χ1v) is 10.4. The fourth-order valence-corrected chi connectivity index (χ4v) is 3.37. The summed E-state index contributed by atoms with van der Waals surface area (Å²) < 4.78 is 0. The standard InChI is InChI=1S/C22H24BN7O/c23-19-15-26-21(29-20(19)25-11-9-16-6-1-2-10-24-16)27-17-7-5-8-18(14-17)28-22(31)30-12-3-4-13-30/h1-2,5-8,10,14-15H,3-4,9,11-13H2,(H,28,31)(H2,25,26,27,29). The van der Waals surface area contributed by atoms with Gasteiger partial charge in [-0.3, -0.25) is 4.98 Å². The topological polar surface area (TPSA) is 95.1 Å². The van der Waals surface area contributed by atoms with Gasteiger partial charge in [0.1, 0.15) is 13.7 Å². The highest BCUT2D eigenvalue weighted by molar-refractivity contribution is 6.35. The number of nitrogens with one attached hydrogen (secondary N) is 3. The number of hydrogen-bond donors (Lipinski definition) is 3. The summed E-state index contributed by atoms with van der Waals surface area (Å²) in [5, 5.41) is 9.35. The van der Waals surface area contributed by atoms with Crippen molar-refractivity contribution >= 4 is 42.5 Å². The van der Waals surface area contributed by atoms with Gasteiger partial charge in [0.05, 0.1) is 0 Å². The summed E-state index contributed by atoms with van der Waals surface area (Å²) in [4.78, 5) is 27.2. The third kappa shape index (κ3) is 5.72. The maximum atomic E-state index is 12.3. The summed E-state index contributed by atoms with van der Waals surface area (Å²) in [5.74, 6) is 0.976. The number of hydrogen-bond acceptors (Lipinski definition) is 6. The normalized spacial score (nSPS) is 13.1. The summed E-state index contributed by atoms with van der Waals surface area (Å²) in [6.07, 6.45) is 6.21. The van der Waals surface area contributed by atoms with Gasteiger partial charge < -0.3 is 20.9 Å². The number of nitrogens with zero attached hydrogens (tertiary/aromatic N) is 4. The van der Waals surface area contributed by atoms with E-state index in [9.17, 15) is 4.79 Å². The van der Waals surface area contributed by atoms with Crippen LogP contribution in [0.3, 0.4) is 0 Å². The monoisotopic (exact) mass is 413 g/mol. The summed E-state index contributed by atoms with van der Waals surface area (Å²) in [6.45, 7) is 2.26. The lowest BCUT2D eigenvalue weighted by Crippen LogP contribution is -2.32. The molecule has 0 atom stereocenters. The molecule has 0 aliphatic carbocycles. The molecule has 0 bridgehead atoms.